The van der Waals surface area contributed by atoms with E-state index in [0.29, 0.717) is 6.04 Å². The molecule has 1 unspecified atom stereocenters. The normalized spacial score (nSPS) is 13.9. The maximum Gasteiger partial charge on any atom is 0.00413 e. The van der Waals surface area contributed by atoms with Crippen LogP contribution in [0.5, 0.6) is 0 Å². The lowest BCUT2D eigenvalue weighted by Crippen LogP contribution is -2.22. The molecule has 0 fully saturated rings. The summed E-state index contributed by atoms with van der Waals surface area (Å²) in [6, 6.07) is 0.449. The van der Waals surface area contributed by atoms with Gasteiger partial charge >= 0.3 is 0 Å². The van der Waals surface area contributed by atoms with Crippen LogP contribution in [0.1, 0.15) is 52.9 Å². The monoisotopic (exact) mass is 157 g/mol. The van der Waals surface area contributed by atoms with Crippen LogP contribution in [0.15, 0.2) is 0 Å². The van der Waals surface area contributed by atoms with Crippen LogP contribution in [-0.2, 0) is 0 Å². The lowest BCUT2D eigenvalue weighted by atomic mass is 9.93. The average molecular weight is 157 g/mol. The van der Waals surface area contributed by atoms with E-state index in [-0.39, 0.29) is 0 Å². The Morgan fingerprint density at radius 1 is 1.09 bits per heavy atom. The average Bonchev–Trinajstić information content (AvgIpc) is 2.01. The van der Waals surface area contributed by atoms with Crippen molar-refractivity contribution >= 4 is 0 Å². The van der Waals surface area contributed by atoms with Crippen LogP contribution < -0.4 is 5.73 Å². The first-order valence-electron chi connectivity index (χ1n) is 5.00. The van der Waals surface area contributed by atoms with Gasteiger partial charge in [0.15, 0.2) is 0 Å². The van der Waals surface area contributed by atoms with E-state index in [1.165, 1.54) is 32.1 Å². The summed E-state index contributed by atoms with van der Waals surface area (Å²) in [6.45, 7) is 6.71. The van der Waals surface area contributed by atoms with Crippen molar-refractivity contribution < 1.29 is 0 Å². The van der Waals surface area contributed by atoms with Crippen LogP contribution in [-0.4, -0.2) is 6.04 Å². The summed E-state index contributed by atoms with van der Waals surface area (Å²) in [4.78, 5) is 0. The van der Waals surface area contributed by atoms with Gasteiger partial charge in [-0.05, 0) is 18.8 Å². The van der Waals surface area contributed by atoms with Gasteiger partial charge in [-0.2, -0.15) is 0 Å². The van der Waals surface area contributed by atoms with Gasteiger partial charge in [0.05, 0.1) is 0 Å². The first kappa shape index (κ1) is 11.0. The molecule has 0 saturated heterocycles. The first-order chi connectivity index (χ1) is 5.24. The van der Waals surface area contributed by atoms with Gasteiger partial charge < -0.3 is 5.73 Å². The number of hydrogen-bond donors (Lipinski definition) is 1. The standard InChI is InChI=1S/C10H23N/c1-4-7-10(11)8-9(5-2)6-3/h9-10H,4-8,11H2,1-3H3. The minimum Gasteiger partial charge on any atom is -0.328 e. The molecule has 0 radical (unpaired) electrons. The summed E-state index contributed by atoms with van der Waals surface area (Å²) >= 11 is 0. The minimum atomic E-state index is 0.449. The minimum absolute atomic E-state index is 0.449. The van der Waals surface area contributed by atoms with Gasteiger partial charge in [-0.25, -0.2) is 0 Å². The molecule has 2 N–H and O–H groups in total. The van der Waals surface area contributed by atoms with Gasteiger partial charge in [0.1, 0.15) is 0 Å². The van der Waals surface area contributed by atoms with Crippen LogP contribution in [0.2, 0.25) is 0 Å². The third-order valence-corrected chi connectivity index (χ3v) is 2.45. The second-order valence-corrected chi connectivity index (χ2v) is 3.47. The fraction of sp³-hybridized carbons (Fsp3) is 1.00. The fourth-order valence-electron chi connectivity index (χ4n) is 1.54. The van der Waals surface area contributed by atoms with E-state index in [2.05, 4.69) is 20.8 Å². The molecule has 0 rings (SSSR count). The Kier molecular flexibility index (Phi) is 6.63. The molecule has 0 aliphatic heterocycles. The van der Waals surface area contributed by atoms with Crippen molar-refractivity contribution in [2.75, 3.05) is 0 Å². The molecule has 0 aliphatic carbocycles. The highest BCUT2D eigenvalue weighted by Gasteiger charge is 2.08. The Balaban J connectivity index is 3.44. The van der Waals surface area contributed by atoms with E-state index < -0.39 is 0 Å². The molecule has 0 bridgehead atoms. The molecule has 0 aromatic carbocycles. The number of hydrogen-bond acceptors (Lipinski definition) is 1. The van der Waals surface area contributed by atoms with Crippen LogP contribution >= 0.6 is 0 Å². The SMILES string of the molecule is CCCC(N)CC(CC)CC. The molecule has 1 atom stereocenters. The number of nitrogens with two attached hydrogens (primary N) is 1. The molecular weight excluding hydrogens is 134 g/mol. The topological polar surface area (TPSA) is 26.0 Å². The third kappa shape index (κ3) is 5.25. The van der Waals surface area contributed by atoms with Gasteiger partial charge in [0.2, 0.25) is 0 Å². The smallest absolute Gasteiger partial charge is 0.00413 e. The number of rotatable bonds is 6. The van der Waals surface area contributed by atoms with Crippen LogP contribution in [0.25, 0.3) is 0 Å². The Labute approximate surface area is 71.4 Å². The third-order valence-electron chi connectivity index (χ3n) is 2.45. The van der Waals surface area contributed by atoms with Gasteiger partial charge in [0, 0.05) is 6.04 Å². The quantitative estimate of drug-likeness (QED) is 0.630. The molecule has 1 nitrogen and oxygen atoms in total. The predicted molar refractivity (Wildman–Crippen MR) is 51.6 cm³/mol. The fourth-order valence-corrected chi connectivity index (χ4v) is 1.54. The van der Waals surface area contributed by atoms with Crippen LogP contribution in [0.4, 0.5) is 0 Å². The van der Waals surface area contributed by atoms with E-state index >= 15 is 0 Å². The highest BCUT2D eigenvalue weighted by atomic mass is 14.6. The van der Waals surface area contributed by atoms with E-state index in [0.717, 1.165) is 5.92 Å². The van der Waals surface area contributed by atoms with E-state index in [1.807, 2.05) is 0 Å². The van der Waals surface area contributed by atoms with Crippen LogP contribution in [0, 0.1) is 5.92 Å². The highest BCUT2D eigenvalue weighted by molar-refractivity contribution is 4.65. The zero-order valence-electron chi connectivity index (χ0n) is 8.27. The molecule has 0 aromatic heterocycles. The Hall–Kier alpha value is -0.0400. The lowest BCUT2D eigenvalue weighted by Gasteiger charge is -2.17. The maximum atomic E-state index is 5.94. The van der Waals surface area contributed by atoms with Gasteiger partial charge in [-0.1, -0.05) is 40.0 Å². The summed E-state index contributed by atoms with van der Waals surface area (Å²) in [7, 11) is 0. The predicted octanol–water partition coefficient (Wildman–Crippen LogP) is 2.94. The second-order valence-electron chi connectivity index (χ2n) is 3.47. The van der Waals surface area contributed by atoms with Gasteiger partial charge in [0.25, 0.3) is 0 Å². The molecule has 68 valence electrons. The van der Waals surface area contributed by atoms with Gasteiger partial charge in [-0.3, -0.25) is 0 Å². The summed E-state index contributed by atoms with van der Waals surface area (Å²) in [5.41, 5.74) is 5.94. The van der Waals surface area contributed by atoms with Crippen molar-refractivity contribution in [3.05, 3.63) is 0 Å². The highest BCUT2D eigenvalue weighted by Crippen LogP contribution is 2.15. The molecular formula is C10H23N. The van der Waals surface area contributed by atoms with Crippen molar-refractivity contribution in [1.29, 1.82) is 0 Å². The van der Waals surface area contributed by atoms with Crippen molar-refractivity contribution in [2.45, 2.75) is 58.9 Å². The summed E-state index contributed by atoms with van der Waals surface area (Å²) in [5.74, 6) is 0.858. The Bertz CT molecular complexity index is 76.9. The van der Waals surface area contributed by atoms with Crippen LogP contribution in [0.3, 0.4) is 0 Å². The van der Waals surface area contributed by atoms with Crippen molar-refractivity contribution in [3.63, 3.8) is 0 Å². The lowest BCUT2D eigenvalue weighted by molar-refractivity contribution is 0.395. The summed E-state index contributed by atoms with van der Waals surface area (Å²) < 4.78 is 0. The molecule has 1 heteroatoms. The molecule has 0 heterocycles. The maximum absolute atomic E-state index is 5.94. The van der Waals surface area contributed by atoms with Gasteiger partial charge in [-0.15, -0.1) is 0 Å². The molecule has 11 heavy (non-hydrogen) atoms. The molecule has 0 spiro atoms. The summed E-state index contributed by atoms with van der Waals surface area (Å²) in [6.07, 6.45) is 6.21. The Morgan fingerprint density at radius 2 is 1.64 bits per heavy atom. The molecule has 0 saturated carbocycles. The first-order valence-corrected chi connectivity index (χ1v) is 5.00. The second kappa shape index (κ2) is 6.66. The van der Waals surface area contributed by atoms with E-state index in [1.54, 1.807) is 0 Å². The largest absolute Gasteiger partial charge is 0.328 e. The molecule has 0 amide bonds. The van der Waals surface area contributed by atoms with E-state index in [4.69, 9.17) is 5.73 Å². The zero-order chi connectivity index (χ0) is 8.69. The summed E-state index contributed by atoms with van der Waals surface area (Å²) in [5, 5.41) is 0. The zero-order valence-corrected chi connectivity index (χ0v) is 8.27. The molecule has 0 aliphatic rings. The van der Waals surface area contributed by atoms with Crippen molar-refractivity contribution in [3.8, 4) is 0 Å². The van der Waals surface area contributed by atoms with Crippen molar-refractivity contribution in [2.24, 2.45) is 11.7 Å². The van der Waals surface area contributed by atoms with E-state index in [9.17, 15) is 0 Å². The Morgan fingerprint density at radius 3 is 2.00 bits per heavy atom. The molecule has 0 aromatic rings. The van der Waals surface area contributed by atoms with Crippen molar-refractivity contribution in [1.82, 2.24) is 0 Å².